The van der Waals surface area contributed by atoms with Crippen LogP contribution in [0, 0.1) is 0 Å². The first-order valence-electron chi connectivity index (χ1n) is 6.67. The zero-order chi connectivity index (χ0) is 14.4. The van der Waals surface area contributed by atoms with E-state index in [0.717, 1.165) is 11.4 Å². The van der Waals surface area contributed by atoms with Crippen molar-refractivity contribution in [3.63, 3.8) is 0 Å². The number of nitrogens with zero attached hydrogens (tertiary/aromatic N) is 1. The highest BCUT2D eigenvalue weighted by molar-refractivity contribution is 5.52. The van der Waals surface area contributed by atoms with Crippen LogP contribution in [0.25, 0.3) is 0 Å². The summed E-state index contributed by atoms with van der Waals surface area (Å²) in [6.45, 7) is 4.75. The Morgan fingerprint density at radius 2 is 1.90 bits per heavy atom. The van der Waals surface area contributed by atoms with E-state index < -0.39 is 0 Å². The molecule has 0 saturated carbocycles. The van der Waals surface area contributed by atoms with Gasteiger partial charge in [-0.25, -0.2) is 4.98 Å². The third-order valence-corrected chi connectivity index (χ3v) is 2.74. The van der Waals surface area contributed by atoms with E-state index in [4.69, 9.17) is 9.47 Å². The van der Waals surface area contributed by atoms with Crippen LogP contribution < -0.4 is 14.8 Å². The van der Waals surface area contributed by atoms with Gasteiger partial charge in [-0.2, -0.15) is 0 Å². The minimum atomic E-state index is 0.193. The van der Waals surface area contributed by atoms with Crippen LogP contribution in [0.5, 0.6) is 11.6 Å². The molecule has 0 fully saturated rings. The summed E-state index contributed by atoms with van der Waals surface area (Å²) < 4.78 is 10.8. The summed E-state index contributed by atoms with van der Waals surface area (Å²) in [5, 5.41) is 3.31. The van der Waals surface area contributed by atoms with Crippen molar-refractivity contribution < 1.29 is 9.47 Å². The van der Waals surface area contributed by atoms with Crippen molar-refractivity contribution in [1.82, 2.24) is 4.98 Å². The molecule has 106 valence electrons. The fraction of sp³-hybridized carbons (Fsp3) is 0.312. The largest absolute Gasteiger partial charge is 0.491 e. The maximum Gasteiger partial charge on any atom is 0.237 e. The van der Waals surface area contributed by atoms with Gasteiger partial charge in [0.15, 0.2) is 0 Å². The van der Waals surface area contributed by atoms with E-state index in [0.29, 0.717) is 12.4 Å². The van der Waals surface area contributed by atoms with Gasteiger partial charge in [-0.05, 0) is 43.7 Å². The zero-order valence-electron chi connectivity index (χ0n) is 12.1. The van der Waals surface area contributed by atoms with Gasteiger partial charge in [0.1, 0.15) is 5.75 Å². The molecule has 1 aromatic heterocycles. The highest BCUT2D eigenvalue weighted by Crippen LogP contribution is 2.21. The quantitative estimate of drug-likeness (QED) is 0.874. The maximum absolute atomic E-state index is 5.62. The molecule has 2 rings (SSSR count). The van der Waals surface area contributed by atoms with Crippen molar-refractivity contribution in [1.29, 1.82) is 0 Å². The average Bonchev–Trinajstić information content (AvgIpc) is 2.46. The number of ether oxygens (including phenoxy) is 2. The van der Waals surface area contributed by atoms with Crippen molar-refractivity contribution in [3.8, 4) is 11.6 Å². The summed E-state index contributed by atoms with van der Waals surface area (Å²) in [7, 11) is 1.62. The molecule has 0 radical (unpaired) electrons. The lowest BCUT2D eigenvalue weighted by molar-refractivity contribution is 0.242. The lowest BCUT2D eigenvalue weighted by Gasteiger charge is -2.12. The van der Waals surface area contributed by atoms with E-state index in [1.54, 1.807) is 13.3 Å². The predicted octanol–water partition coefficient (Wildman–Crippen LogP) is 3.49. The normalized spacial score (nSPS) is 10.4. The topological polar surface area (TPSA) is 43.4 Å². The van der Waals surface area contributed by atoms with E-state index in [1.807, 2.05) is 50.2 Å². The Bertz CT molecular complexity index is 538. The number of nitrogens with one attached hydrogen (secondary N) is 1. The van der Waals surface area contributed by atoms with Crippen LogP contribution in [0.1, 0.15) is 19.4 Å². The number of rotatable bonds is 6. The molecule has 1 aromatic carbocycles. The first-order valence-corrected chi connectivity index (χ1v) is 6.67. The minimum Gasteiger partial charge on any atom is -0.491 e. The van der Waals surface area contributed by atoms with E-state index in [-0.39, 0.29) is 6.10 Å². The Labute approximate surface area is 119 Å². The molecule has 0 bridgehead atoms. The fourth-order valence-electron chi connectivity index (χ4n) is 1.84. The molecule has 1 heterocycles. The van der Waals surface area contributed by atoms with Gasteiger partial charge in [-0.15, -0.1) is 0 Å². The molecule has 0 unspecified atom stereocenters. The van der Waals surface area contributed by atoms with Gasteiger partial charge in [-0.3, -0.25) is 0 Å². The summed E-state index contributed by atoms with van der Waals surface area (Å²) in [5.74, 6) is 1.50. The Kier molecular flexibility index (Phi) is 4.82. The summed E-state index contributed by atoms with van der Waals surface area (Å²) in [4.78, 5) is 4.15. The standard InChI is InChI=1S/C16H20N2O2/c1-12(2)20-14-8-6-13(7-9-14)11-18-15-5-4-10-17-16(15)19-3/h4-10,12,18H,11H2,1-3H3. The van der Waals surface area contributed by atoms with Crippen molar-refractivity contribution in [2.75, 3.05) is 12.4 Å². The summed E-state index contributed by atoms with van der Waals surface area (Å²) >= 11 is 0. The van der Waals surface area contributed by atoms with Crippen molar-refractivity contribution in [2.24, 2.45) is 0 Å². The van der Waals surface area contributed by atoms with Crippen LogP contribution in [0.4, 0.5) is 5.69 Å². The molecule has 0 spiro atoms. The molecule has 0 amide bonds. The van der Waals surface area contributed by atoms with Gasteiger partial charge < -0.3 is 14.8 Å². The first-order chi connectivity index (χ1) is 9.69. The summed E-state index contributed by atoms with van der Waals surface area (Å²) in [5.41, 5.74) is 2.06. The molecule has 4 nitrogen and oxygen atoms in total. The third kappa shape index (κ3) is 3.88. The monoisotopic (exact) mass is 272 g/mol. The molecular formula is C16H20N2O2. The molecule has 0 aliphatic heterocycles. The SMILES string of the molecule is COc1ncccc1NCc1ccc(OC(C)C)cc1. The average molecular weight is 272 g/mol. The Balaban J connectivity index is 1.97. The molecule has 0 atom stereocenters. The smallest absolute Gasteiger partial charge is 0.237 e. The number of benzene rings is 1. The molecule has 0 saturated heterocycles. The summed E-state index contributed by atoms with van der Waals surface area (Å²) in [6.07, 6.45) is 1.90. The first kappa shape index (κ1) is 14.2. The van der Waals surface area contributed by atoms with Crippen LogP contribution in [0.3, 0.4) is 0 Å². The van der Waals surface area contributed by atoms with Gasteiger partial charge in [-0.1, -0.05) is 12.1 Å². The minimum absolute atomic E-state index is 0.193. The molecule has 1 N–H and O–H groups in total. The van der Waals surface area contributed by atoms with E-state index in [1.165, 1.54) is 5.56 Å². The van der Waals surface area contributed by atoms with E-state index >= 15 is 0 Å². The second kappa shape index (κ2) is 6.80. The molecule has 2 aromatic rings. The van der Waals surface area contributed by atoms with Gasteiger partial charge in [0.25, 0.3) is 0 Å². The third-order valence-electron chi connectivity index (χ3n) is 2.74. The number of hydrogen-bond donors (Lipinski definition) is 1. The highest BCUT2D eigenvalue weighted by Gasteiger charge is 2.03. The molecule has 0 aliphatic carbocycles. The number of hydrogen-bond acceptors (Lipinski definition) is 4. The Morgan fingerprint density at radius 3 is 2.55 bits per heavy atom. The predicted molar refractivity (Wildman–Crippen MR) is 80.3 cm³/mol. The second-order valence-corrected chi connectivity index (χ2v) is 4.72. The van der Waals surface area contributed by atoms with Crippen molar-refractivity contribution in [3.05, 3.63) is 48.2 Å². The summed E-state index contributed by atoms with van der Waals surface area (Å²) in [6, 6.07) is 11.9. The number of methoxy groups -OCH3 is 1. The van der Waals surface area contributed by atoms with Crippen LogP contribution in [0.2, 0.25) is 0 Å². The van der Waals surface area contributed by atoms with E-state index in [9.17, 15) is 0 Å². The van der Waals surface area contributed by atoms with Crippen molar-refractivity contribution in [2.45, 2.75) is 26.5 Å². The molecule has 20 heavy (non-hydrogen) atoms. The second-order valence-electron chi connectivity index (χ2n) is 4.72. The number of aromatic nitrogens is 1. The maximum atomic E-state index is 5.62. The van der Waals surface area contributed by atoms with Crippen LogP contribution in [-0.2, 0) is 6.54 Å². The highest BCUT2D eigenvalue weighted by atomic mass is 16.5. The van der Waals surface area contributed by atoms with Gasteiger partial charge >= 0.3 is 0 Å². The fourth-order valence-corrected chi connectivity index (χ4v) is 1.84. The van der Waals surface area contributed by atoms with Crippen molar-refractivity contribution >= 4 is 5.69 Å². The number of pyridine rings is 1. The lowest BCUT2D eigenvalue weighted by Crippen LogP contribution is -2.06. The Morgan fingerprint density at radius 1 is 1.15 bits per heavy atom. The van der Waals surface area contributed by atoms with E-state index in [2.05, 4.69) is 10.3 Å². The molecule has 4 heteroatoms. The van der Waals surface area contributed by atoms with Crippen LogP contribution in [-0.4, -0.2) is 18.2 Å². The molecular weight excluding hydrogens is 252 g/mol. The Hall–Kier alpha value is -2.23. The molecule has 0 aliphatic rings. The van der Waals surface area contributed by atoms with Gasteiger partial charge in [0, 0.05) is 12.7 Å². The lowest BCUT2D eigenvalue weighted by atomic mass is 10.2. The van der Waals surface area contributed by atoms with Gasteiger partial charge in [0.2, 0.25) is 5.88 Å². The number of anilines is 1. The van der Waals surface area contributed by atoms with Gasteiger partial charge in [0.05, 0.1) is 18.9 Å². The van der Waals surface area contributed by atoms with Crippen LogP contribution >= 0.6 is 0 Å². The van der Waals surface area contributed by atoms with Crippen LogP contribution in [0.15, 0.2) is 42.6 Å². The zero-order valence-corrected chi connectivity index (χ0v) is 12.1.